The molecule has 3 heterocycles. The molecule has 0 bridgehead atoms. The lowest BCUT2D eigenvalue weighted by Crippen LogP contribution is -2.39. The van der Waals surface area contributed by atoms with Crippen LogP contribution >= 0.6 is 11.6 Å². The number of carbonyl (C=O) groups excluding carboxylic acids is 1. The number of alkyl halides is 3. The van der Waals surface area contributed by atoms with Gasteiger partial charge in [0.2, 0.25) is 5.95 Å². The average Bonchev–Trinajstić information content (AvgIpc) is 3.42. The highest BCUT2D eigenvalue weighted by Crippen LogP contribution is 2.42. The highest BCUT2D eigenvalue weighted by Gasteiger charge is 2.42. The molecule has 3 aromatic rings. The zero-order valence-corrected chi connectivity index (χ0v) is 18.1. The van der Waals surface area contributed by atoms with Crippen molar-refractivity contribution >= 4 is 40.2 Å². The van der Waals surface area contributed by atoms with Gasteiger partial charge in [0.25, 0.3) is 0 Å². The molecule has 5 rings (SSSR count). The van der Waals surface area contributed by atoms with E-state index in [1.165, 1.54) is 19.4 Å². The van der Waals surface area contributed by atoms with Crippen molar-refractivity contribution < 1.29 is 22.7 Å². The van der Waals surface area contributed by atoms with Gasteiger partial charge in [-0.3, -0.25) is 5.32 Å². The summed E-state index contributed by atoms with van der Waals surface area (Å²) in [6.45, 7) is 0.708. The normalized spacial score (nSPS) is 22.0. The summed E-state index contributed by atoms with van der Waals surface area (Å²) < 4.78 is 46.0. The van der Waals surface area contributed by atoms with E-state index < -0.39 is 17.8 Å². The molecule has 1 saturated carbocycles. The number of benzene rings is 1. The van der Waals surface area contributed by atoms with Crippen LogP contribution in [0.5, 0.6) is 0 Å². The number of nitrogens with zero attached hydrogens (tertiary/aromatic N) is 2. The molecular formula is C21H20ClF3N6O2. The summed E-state index contributed by atoms with van der Waals surface area (Å²) in [5.74, 6) is 0.724. The molecule has 1 saturated heterocycles. The summed E-state index contributed by atoms with van der Waals surface area (Å²) in [7, 11) is 1.21. The Hall–Kier alpha value is -3.05. The van der Waals surface area contributed by atoms with E-state index in [1.54, 1.807) is 6.07 Å². The number of fused-ring (bicyclic) bond motifs is 2. The number of piperidine rings is 1. The fraction of sp³-hybridized carbons (Fsp3) is 0.381. The number of aromatic amines is 1. The van der Waals surface area contributed by atoms with Gasteiger partial charge in [-0.05, 0) is 30.9 Å². The number of methoxy groups -OCH3 is 1. The number of hydrogen-bond donors (Lipinski definition) is 4. The first-order valence-corrected chi connectivity index (χ1v) is 10.7. The Balaban J connectivity index is 1.53. The standard InChI is InChI=1S/C21H20ClF3N6O2/c1-33-20(32)30-14-3-2-11-12(7-27-18(11)16(14)22)17-13(21(23,24)25)8-28-19(31-17)29-10-4-9-5-15(9)26-6-10/h2-3,7-10,15,26-27H,4-6H2,1H3,(H,30,32)(H,28,29,31)/t9?,10-,15?/m0/s1. The smallest absolute Gasteiger partial charge is 0.419 e. The number of carbonyl (C=O) groups is 1. The molecule has 1 aliphatic carbocycles. The third-order valence-corrected chi connectivity index (χ3v) is 6.43. The summed E-state index contributed by atoms with van der Waals surface area (Å²) in [4.78, 5) is 22.6. The van der Waals surface area contributed by atoms with Gasteiger partial charge in [0.1, 0.15) is 5.56 Å². The maximum absolute atomic E-state index is 13.8. The Bertz CT molecular complexity index is 1230. The highest BCUT2D eigenvalue weighted by molar-refractivity contribution is 6.38. The number of ether oxygens (including phenoxy) is 1. The lowest BCUT2D eigenvalue weighted by molar-refractivity contribution is -0.137. The minimum atomic E-state index is -4.65. The number of halogens is 4. The van der Waals surface area contributed by atoms with Crippen molar-refractivity contribution in [2.45, 2.75) is 31.1 Å². The SMILES string of the molecule is COC(=O)Nc1ccc2c(-c3nc(N[C@@H]4CNC5CC5C4)ncc3C(F)(F)F)c[nH]c2c1Cl. The van der Waals surface area contributed by atoms with E-state index in [0.717, 1.165) is 19.0 Å². The van der Waals surface area contributed by atoms with Crippen LogP contribution in [0, 0.1) is 5.92 Å². The van der Waals surface area contributed by atoms with Crippen molar-refractivity contribution in [2.24, 2.45) is 5.92 Å². The predicted molar refractivity (Wildman–Crippen MR) is 117 cm³/mol. The quantitative estimate of drug-likeness (QED) is 0.434. The van der Waals surface area contributed by atoms with Gasteiger partial charge in [-0.25, -0.2) is 14.8 Å². The molecule has 1 aliphatic heterocycles. The Labute approximate surface area is 191 Å². The van der Waals surface area contributed by atoms with E-state index in [9.17, 15) is 18.0 Å². The first-order valence-electron chi connectivity index (χ1n) is 10.3. The average molecular weight is 481 g/mol. The van der Waals surface area contributed by atoms with E-state index >= 15 is 0 Å². The maximum atomic E-state index is 13.8. The summed E-state index contributed by atoms with van der Waals surface area (Å²) in [5, 5.41) is 9.59. The minimum Gasteiger partial charge on any atom is -0.453 e. The number of aromatic nitrogens is 3. The second-order valence-electron chi connectivity index (χ2n) is 8.21. The number of hydrogen-bond acceptors (Lipinski definition) is 6. The first kappa shape index (κ1) is 21.8. The number of anilines is 2. The van der Waals surface area contributed by atoms with Crippen LogP contribution in [0.1, 0.15) is 18.4 Å². The Morgan fingerprint density at radius 3 is 2.85 bits per heavy atom. The van der Waals surface area contributed by atoms with Crippen molar-refractivity contribution in [3.63, 3.8) is 0 Å². The summed E-state index contributed by atoms with van der Waals surface area (Å²) in [5.41, 5.74) is -0.375. The van der Waals surface area contributed by atoms with Gasteiger partial charge >= 0.3 is 12.3 Å². The highest BCUT2D eigenvalue weighted by atomic mass is 35.5. The summed E-state index contributed by atoms with van der Waals surface area (Å²) >= 11 is 6.38. The van der Waals surface area contributed by atoms with E-state index in [2.05, 4.69) is 35.6 Å². The summed E-state index contributed by atoms with van der Waals surface area (Å²) in [6, 6.07) is 3.66. The van der Waals surface area contributed by atoms with Gasteiger partial charge in [-0.15, -0.1) is 0 Å². The molecule has 1 amide bonds. The maximum Gasteiger partial charge on any atom is 0.419 e. The molecule has 2 unspecified atom stereocenters. The number of amides is 1. The largest absolute Gasteiger partial charge is 0.453 e. The predicted octanol–water partition coefficient (Wildman–Crippen LogP) is 4.64. The molecule has 2 fully saturated rings. The molecule has 0 radical (unpaired) electrons. The van der Waals surface area contributed by atoms with Gasteiger partial charge < -0.3 is 20.4 Å². The van der Waals surface area contributed by atoms with Crippen molar-refractivity contribution in [3.05, 3.63) is 35.1 Å². The molecule has 4 N–H and O–H groups in total. The number of rotatable bonds is 4. The topological polar surface area (TPSA) is 104 Å². The molecular weight excluding hydrogens is 461 g/mol. The van der Waals surface area contributed by atoms with E-state index in [1.807, 2.05) is 0 Å². The van der Waals surface area contributed by atoms with Crippen LogP contribution in [0.3, 0.4) is 0 Å². The second kappa shape index (κ2) is 8.07. The van der Waals surface area contributed by atoms with Crippen LogP contribution in [0.25, 0.3) is 22.2 Å². The van der Waals surface area contributed by atoms with Crippen LogP contribution in [-0.2, 0) is 10.9 Å². The molecule has 1 aromatic carbocycles. The summed E-state index contributed by atoms with van der Waals surface area (Å²) in [6.07, 6.45) is -1.10. The second-order valence-corrected chi connectivity index (χ2v) is 8.59. The van der Waals surface area contributed by atoms with Crippen LogP contribution in [0.15, 0.2) is 24.5 Å². The molecule has 174 valence electrons. The zero-order chi connectivity index (χ0) is 23.3. The molecule has 0 spiro atoms. The van der Waals surface area contributed by atoms with Gasteiger partial charge in [0, 0.05) is 42.0 Å². The zero-order valence-electron chi connectivity index (χ0n) is 17.4. The molecule has 8 nitrogen and oxygen atoms in total. The fourth-order valence-corrected chi connectivity index (χ4v) is 4.54. The van der Waals surface area contributed by atoms with Gasteiger partial charge in [0.15, 0.2) is 0 Å². The Morgan fingerprint density at radius 2 is 2.12 bits per heavy atom. The van der Waals surface area contributed by atoms with Crippen LogP contribution in [-0.4, -0.2) is 46.8 Å². The molecule has 2 aromatic heterocycles. The van der Waals surface area contributed by atoms with Crippen LogP contribution in [0.2, 0.25) is 5.02 Å². The third-order valence-electron chi connectivity index (χ3n) is 6.03. The fourth-order valence-electron chi connectivity index (χ4n) is 4.27. The molecule has 2 aliphatic rings. The van der Waals surface area contributed by atoms with Crippen molar-refractivity contribution in [1.82, 2.24) is 20.3 Å². The molecule has 12 heteroatoms. The monoisotopic (exact) mass is 480 g/mol. The Morgan fingerprint density at radius 1 is 1.30 bits per heavy atom. The van der Waals surface area contributed by atoms with Crippen LogP contribution < -0.4 is 16.0 Å². The Kier molecular flexibility index (Phi) is 5.32. The minimum absolute atomic E-state index is 0.0442. The molecule has 3 atom stereocenters. The van der Waals surface area contributed by atoms with E-state index in [-0.39, 0.29) is 34.0 Å². The number of H-pyrrole nitrogens is 1. The number of nitrogens with one attached hydrogen (secondary N) is 4. The lowest BCUT2D eigenvalue weighted by Gasteiger charge is -2.24. The van der Waals surface area contributed by atoms with Crippen molar-refractivity contribution in [2.75, 3.05) is 24.3 Å². The van der Waals surface area contributed by atoms with Crippen molar-refractivity contribution in [3.8, 4) is 11.3 Å². The van der Waals surface area contributed by atoms with Gasteiger partial charge in [-0.1, -0.05) is 11.6 Å². The van der Waals surface area contributed by atoms with E-state index in [4.69, 9.17) is 11.6 Å². The lowest BCUT2D eigenvalue weighted by atomic mass is 10.1. The molecule has 33 heavy (non-hydrogen) atoms. The van der Waals surface area contributed by atoms with Crippen molar-refractivity contribution in [1.29, 1.82) is 0 Å². The van der Waals surface area contributed by atoms with Crippen LogP contribution in [0.4, 0.5) is 29.6 Å². The third kappa shape index (κ3) is 4.18. The van der Waals surface area contributed by atoms with E-state index in [0.29, 0.717) is 29.4 Å². The first-order chi connectivity index (χ1) is 15.7. The van der Waals surface area contributed by atoms with Gasteiger partial charge in [0.05, 0.1) is 29.0 Å². The van der Waals surface area contributed by atoms with Gasteiger partial charge in [-0.2, -0.15) is 13.2 Å².